The third kappa shape index (κ3) is 4.56. The number of esters is 1. The maximum Gasteiger partial charge on any atom is 0.331 e. The Morgan fingerprint density at radius 3 is 2.54 bits per heavy atom. The van der Waals surface area contributed by atoms with Gasteiger partial charge in [-0.3, -0.25) is 4.79 Å². The highest BCUT2D eigenvalue weighted by molar-refractivity contribution is 6.00. The Labute approximate surface area is 141 Å². The predicted octanol–water partition coefficient (Wildman–Crippen LogP) is 3.75. The summed E-state index contributed by atoms with van der Waals surface area (Å²) in [6, 6.07) is 12.9. The zero-order valence-corrected chi connectivity index (χ0v) is 14.0. The van der Waals surface area contributed by atoms with Gasteiger partial charge in [0.25, 0.3) is 0 Å². The predicted molar refractivity (Wildman–Crippen MR) is 93.2 cm³/mol. The van der Waals surface area contributed by atoms with Crippen molar-refractivity contribution in [1.29, 1.82) is 0 Å². The van der Waals surface area contributed by atoms with Crippen molar-refractivity contribution in [2.75, 3.05) is 13.7 Å². The van der Waals surface area contributed by atoms with E-state index in [4.69, 9.17) is 9.47 Å². The van der Waals surface area contributed by atoms with Crippen LogP contribution in [0.5, 0.6) is 5.75 Å². The highest BCUT2D eigenvalue weighted by Crippen LogP contribution is 2.18. The van der Waals surface area contributed by atoms with Crippen molar-refractivity contribution in [2.45, 2.75) is 13.8 Å². The first-order chi connectivity index (χ1) is 11.5. The van der Waals surface area contributed by atoms with E-state index in [1.807, 2.05) is 44.2 Å². The normalized spacial score (nSPS) is 10.6. The molecule has 124 valence electrons. The van der Waals surface area contributed by atoms with Crippen molar-refractivity contribution in [2.24, 2.45) is 0 Å². The molecule has 2 rings (SSSR count). The number of carbonyl (C=O) groups is 2. The number of para-hydroxylation sites is 1. The van der Waals surface area contributed by atoms with Crippen molar-refractivity contribution in [3.8, 4) is 5.75 Å². The monoisotopic (exact) mass is 324 g/mol. The van der Waals surface area contributed by atoms with Gasteiger partial charge in [-0.05, 0) is 31.6 Å². The molecule has 0 aliphatic carbocycles. The lowest BCUT2D eigenvalue weighted by atomic mass is 10.0. The second-order valence-electron chi connectivity index (χ2n) is 5.42. The minimum absolute atomic E-state index is 0.216. The number of hydrogen-bond acceptors (Lipinski definition) is 4. The summed E-state index contributed by atoms with van der Waals surface area (Å²) in [5, 5.41) is 0. The van der Waals surface area contributed by atoms with Crippen LogP contribution in [0.25, 0.3) is 6.08 Å². The number of rotatable bonds is 6. The standard InChI is InChI=1S/C20H20O4/c1-14-8-10-17(15(2)12-14)18(21)13-24-20(22)11-9-16-6-4-5-7-19(16)23-3/h4-12H,13H2,1-3H3/b11-9+. The second-order valence-corrected chi connectivity index (χ2v) is 5.42. The van der Waals surface area contributed by atoms with E-state index in [9.17, 15) is 9.59 Å². The molecule has 24 heavy (non-hydrogen) atoms. The molecule has 0 radical (unpaired) electrons. The third-order valence-corrected chi connectivity index (χ3v) is 3.57. The molecule has 2 aromatic carbocycles. The molecule has 0 bridgehead atoms. The summed E-state index contributed by atoms with van der Waals surface area (Å²) in [5.41, 5.74) is 3.29. The Morgan fingerprint density at radius 2 is 1.83 bits per heavy atom. The largest absolute Gasteiger partial charge is 0.496 e. The molecule has 2 aromatic rings. The molecule has 0 aromatic heterocycles. The van der Waals surface area contributed by atoms with Crippen molar-refractivity contribution in [1.82, 2.24) is 0 Å². The molecule has 4 heteroatoms. The molecule has 0 aliphatic rings. The van der Waals surface area contributed by atoms with Crippen LogP contribution in [0.3, 0.4) is 0 Å². The summed E-state index contributed by atoms with van der Waals surface area (Å²) in [5.74, 6) is -0.126. The van der Waals surface area contributed by atoms with Crippen LogP contribution < -0.4 is 4.74 Å². The summed E-state index contributed by atoms with van der Waals surface area (Å²) in [6.45, 7) is 3.55. The Hall–Kier alpha value is -2.88. The molecule has 0 amide bonds. The van der Waals surface area contributed by atoms with E-state index in [1.165, 1.54) is 6.08 Å². The second kappa shape index (κ2) is 8.11. The SMILES string of the molecule is COc1ccccc1/C=C/C(=O)OCC(=O)c1ccc(C)cc1C. The number of Topliss-reactive ketones (excluding diaryl/α,β-unsaturated/α-hetero) is 1. The lowest BCUT2D eigenvalue weighted by molar-refractivity contribution is -0.136. The number of benzene rings is 2. The van der Waals surface area contributed by atoms with Gasteiger partial charge >= 0.3 is 5.97 Å². The van der Waals surface area contributed by atoms with Gasteiger partial charge in [0.1, 0.15) is 5.75 Å². The van der Waals surface area contributed by atoms with Crippen molar-refractivity contribution < 1.29 is 19.1 Å². The average Bonchev–Trinajstić information content (AvgIpc) is 2.58. The van der Waals surface area contributed by atoms with E-state index in [0.717, 1.165) is 16.7 Å². The highest BCUT2D eigenvalue weighted by Gasteiger charge is 2.11. The Balaban J connectivity index is 1.95. The summed E-state index contributed by atoms with van der Waals surface area (Å²) >= 11 is 0. The molecule has 0 unspecified atom stereocenters. The lowest BCUT2D eigenvalue weighted by Gasteiger charge is -2.06. The lowest BCUT2D eigenvalue weighted by Crippen LogP contribution is -2.13. The molecule has 0 atom stereocenters. The van der Waals surface area contributed by atoms with Crippen molar-refractivity contribution in [3.63, 3.8) is 0 Å². The quantitative estimate of drug-likeness (QED) is 0.461. The van der Waals surface area contributed by atoms with Crippen LogP contribution in [0.1, 0.15) is 27.0 Å². The van der Waals surface area contributed by atoms with Gasteiger partial charge in [-0.15, -0.1) is 0 Å². The van der Waals surface area contributed by atoms with E-state index in [2.05, 4.69) is 0 Å². The van der Waals surface area contributed by atoms with Gasteiger partial charge in [-0.25, -0.2) is 4.79 Å². The van der Waals surface area contributed by atoms with Crippen LogP contribution in [0.4, 0.5) is 0 Å². The zero-order valence-electron chi connectivity index (χ0n) is 14.0. The van der Waals surface area contributed by atoms with E-state index >= 15 is 0 Å². The number of ketones is 1. The van der Waals surface area contributed by atoms with Crippen LogP contribution in [-0.2, 0) is 9.53 Å². The number of hydrogen-bond donors (Lipinski definition) is 0. The van der Waals surface area contributed by atoms with Gasteiger partial charge in [-0.1, -0.05) is 42.0 Å². The molecule has 0 aliphatic heterocycles. The van der Waals surface area contributed by atoms with Crippen molar-refractivity contribution in [3.05, 3.63) is 70.8 Å². The molecule has 0 saturated heterocycles. The molecule has 4 nitrogen and oxygen atoms in total. The van der Waals surface area contributed by atoms with E-state index in [-0.39, 0.29) is 12.4 Å². The Bertz CT molecular complexity index is 775. The molecule has 0 N–H and O–H groups in total. The van der Waals surface area contributed by atoms with Gasteiger partial charge in [0.05, 0.1) is 7.11 Å². The molecular formula is C20H20O4. The van der Waals surface area contributed by atoms with E-state index in [0.29, 0.717) is 11.3 Å². The van der Waals surface area contributed by atoms with Gasteiger partial charge in [0.2, 0.25) is 5.78 Å². The van der Waals surface area contributed by atoms with Crippen LogP contribution in [-0.4, -0.2) is 25.5 Å². The minimum Gasteiger partial charge on any atom is -0.496 e. The first-order valence-electron chi connectivity index (χ1n) is 7.59. The fourth-order valence-electron chi connectivity index (χ4n) is 2.35. The first-order valence-corrected chi connectivity index (χ1v) is 7.59. The van der Waals surface area contributed by atoms with E-state index < -0.39 is 5.97 Å². The maximum atomic E-state index is 12.1. The molecule has 0 saturated carbocycles. The van der Waals surface area contributed by atoms with Crippen molar-refractivity contribution >= 4 is 17.8 Å². The molecular weight excluding hydrogens is 304 g/mol. The zero-order chi connectivity index (χ0) is 17.5. The highest BCUT2D eigenvalue weighted by atomic mass is 16.5. The number of ether oxygens (including phenoxy) is 2. The van der Waals surface area contributed by atoms with Crippen LogP contribution in [0, 0.1) is 13.8 Å². The fraction of sp³-hybridized carbons (Fsp3) is 0.200. The summed E-state index contributed by atoms with van der Waals surface area (Å²) < 4.78 is 10.2. The van der Waals surface area contributed by atoms with Crippen LogP contribution >= 0.6 is 0 Å². The van der Waals surface area contributed by atoms with Gasteiger partial charge in [0, 0.05) is 17.2 Å². The summed E-state index contributed by atoms with van der Waals surface area (Å²) in [4.78, 5) is 23.9. The smallest absolute Gasteiger partial charge is 0.331 e. The van der Waals surface area contributed by atoms with Gasteiger partial charge in [-0.2, -0.15) is 0 Å². The third-order valence-electron chi connectivity index (χ3n) is 3.57. The summed E-state index contributed by atoms with van der Waals surface area (Å²) in [6.07, 6.45) is 2.88. The first kappa shape index (κ1) is 17.5. The number of carbonyl (C=O) groups excluding carboxylic acids is 2. The Kier molecular flexibility index (Phi) is 5.90. The minimum atomic E-state index is -0.570. The van der Waals surface area contributed by atoms with E-state index in [1.54, 1.807) is 25.3 Å². The van der Waals surface area contributed by atoms with Gasteiger partial charge < -0.3 is 9.47 Å². The summed E-state index contributed by atoms with van der Waals surface area (Å²) in [7, 11) is 1.56. The van der Waals surface area contributed by atoms with Gasteiger partial charge in [0.15, 0.2) is 6.61 Å². The average molecular weight is 324 g/mol. The maximum absolute atomic E-state index is 12.1. The fourth-order valence-corrected chi connectivity index (χ4v) is 2.35. The van der Waals surface area contributed by atoms with Crippen LogP contribution in [0.15, 0.2) is 48.5 Å². The Morgan fingerprint density at radius 1 is 1.08 bits per heavy atom. The number of methoxy groups -OCH3 is 1. The molecule has 0 spiro atoms. The topological polar surface area (TPSA) is 52.6 Å². The number of aryl methyl sites for hydroxylation is 2. The van der Waals surface area contributed by atoms with Crippen LogP contribution in [0.2, 0.25) is 0 Å². The molecule has 0 heterocycles. The molecule has 0 fully saturated rings.